The number of para-hydroxylation sites is 1. The van der Waals surface area contributed by atoms with Crippen LogP contribution < -0.4 is 9.64 Å². The molecular formula is C24H27NO4S. The van der Waals surface area contributed by atoms with Gasteiger partial charge in [-0.1, -0.05) is 32.0 Å². The molecule has 158 valence electrons. The molecule has 1 atom stereocenters. The summed E-state index contributed by atoms with van der Waals surface area (Å²) < 4.78 is 5.98. The topological polar surface area (TPSA) is 66.8 Å². The molecule has 6 heteroatoms. The van der Waals surface area contributed by atoms with E-state index in [0.29, 0.717) is 17.0 Å². The minimum Gasteiger partial charge on any atom is -0.503 e. The third kappa shape index (κ3) is 4.10. The van der Waals surface area contributed by atoms with Crippen LogP contribution >= 0.6 is 11.8 Å². The summed E-state index contributed by atoms with van der Waals surface area (Å²) >= 11 is 1.60. The van der Waals surface area contributed by atoms with Crippen LogP contribution in [-0.2, 0) is 9.59 Å². The van der Waals surface area contributed by atoms with Crippen molar-refractivity contribution in [3.8, 4) is 5.75 Å². The molecule has 30 heavy (non-hydrogen) atoms. The average molecular weight is 426 g/mol. The number of Topliss-reactive ketones (excluding diaryl/α,β-unsaturated/α-hetero) is 1. The van der Waals surface area contributed by atoms with Crippen LogP contribution in [-0.4, -0.2) is 29.2 Å². The van der Waals surface area contributed by atoms with Crippen molar-refractivity contribution in [1.29, 1.82) is 0 Å². The Kier molecular flexibility index (Phi) is 6.56. The van der Waals surface area contributed by atoms with Crippen molar-refractivity contribution >= 4 is 29.1 Å². The fourth-order valence-electron chi connectivity index (χ4n) is 3.54. The van der Waals surface area contributed by atoms with E-state index >= 15 is 0 Å². The maximum atomic E-state index is 13.1. The van der Waals surface area contributed by atoms with Crippen molar-refractivity contribution in [2.45, 2.75) is 44.7 Å². The van der Waals surface area contributed by atoms with Gasteiger partial charge in [0.15, 0.2) is 11.5 Å². The lowest BCUT2D eigenvalue weighted by Gasteiger charge is -2.29. The van der Waals surface area contributed by atoms with Crippen molar-refractivity contribution in [2.24, 2.45) is 5.92 Å². The van der Waals surface area contributed by atoms with Gasteiger partial charge < -0.3 is 9.84 Å². The molecule has 0 saturated carbocycles. The molecule has 1 aliphatic rings. The molecule has 0 bridgehead atoms. The number of thioether (sulfide) groups is 1. The number of amides is 1. The molecule has 2 aromatic carbocycles. The van der Waals surface area contributed by atoms with Gasteiger partial charge in [0, 0.05) is 22.1 Å². The number of hydrogen-bond donors (Lipinski definition) is 1. The van der Waals surface area contributed by atoms with Crippen molar-refractivity contribution in [1.82, 2.24) is 0 Å². The summed E-state index contributed by atoms with van der Waals surface area (Å²) in [6, 6.07) is 14.1. The number of aliphatic hydroxyl groups is 1. The number of nitrogens with zero attached hydrogens (tertiary/aromatic N) is 1. The van der Waals surface area contributed by atoms with E-state index < -0.39 is 17.7 Å². The van der Waals surface area contributed by atoms with Crippen LogP contribution in [0.5, 0.6) is 5.75 Å². The summed E-state index contributed by atoms with van der Waals surface area (Å²) in [6.07, 6.45) is 1.89. The summed E-state index contributed by atoms with van der Waals surface area (Å²) in [4.78, 5) is 28.7. The van der Waals surface area contributed by atoms with Gasteiger partial charge in [-0.3, -0.25) is 14.5 Å². The molecule has 2 aromatic rings. The maximum absolute atomic E-state index is 13.1. The molecule has 5 nitrogen and oxygen atoms in total. The minimum absolute atomic E-state index is 0.0839. The molecule has 1 amide bonds. The second-order valence-corrected chi connectivity index (χ2v) is 8.64. The molecular weight excluding hydrogens is 398 g/mol. The van der Waals surface area contributed by atoms with Crippen molar-refractivity contribution in [2.75, 3.05) is 11.2 Å². The lowest BCUT2D eigenvalue weighted by atomic mass is 9.90. The number of anilines is 1. The molecule has 0 spiro atoms. The Morgan fingerprint density at radius 3 is 2.27 bits per heavy atom. The van der Waals surface area contributed by atoms with E-state index in [0.717, 1.165) is 4.90 Å². The Labute approximate surface area is 181 Å². The van der Waals surface area contributed by atoms with Gasteiger partial charge in [-0.05, 0) is 50.4 Å². The van der Waals surface area contributed by atoms with Gasteiger partial charge in [0.25, 0.3) is 5.91 Å². The summed E-state index contributed by atoms with van der Waals surface area (Å²) in [5.74, 6) is -1.12. The van der Waals surface area contributed by atoms with Crippen molar-refractivity contribution < 1.29 is 19.4 Å². The van der Waals surface area contributed by atoms with E-state index in [1.54, 1.807) is 25.6 Å². The summed E-state index contributed by atoms with van der Waals surface area (Å²) in [5.41, 5.74) is 1.39. The van der Waals surface area contributed by atoms with E-state index in [9.17, 15) is 14.7 Å². The molecule has 0 radical (unpaired) electrons. The van der Waals surface area contributed by atoms with E-state index in [1.165, 1.54) is 4.90 Å². The Hall–Kier alpha value is -2.73. The number of carbonyl (C=O) groups excluding carboxylic acids is 2. The smallest absolute Gasteiger partial charge is 0.294 e. The normalized spacial score (nSPS) is 16.7. The van der Waals surface area contributed by atoms with E-state index in [1.807, 2.05) is 68.6 Å². The Bertz CT molecular complexity index is 979. The molecule has 0 saturated heterocycles. The first kappa shape index (κ1) is 22.0. The SMILES string of the molecule is CSc1ccc(N2C(=O)C(O)=C(C(=O)C(C)C)C2c2ccccc2OC(C)C)cc1. The molecule has 1 aliphatic heterocycles. The van der Waals surface area contributed by atoms with Crippen LogP contribution in [0, 0.1) is 5.92 Å². The molecule has 1 N–H and O–H groups in total. The van der Waals surface area contributed by atoms with Gasteiger partial charge in [0.2, 0.25) is 0 Å². The lowest BCUT2D eigenvalue weighted by molar-refractivity contribution is -0.119. The number of aliphatic hydroxyl groups excluding tert-OH is 1. The third-order valence-electron chi connectivity index (χ3n) is 4.92. The number of rotatable bonds is 7. The van der Waals surface area contributed by atoms with Crippen molar-refractivity contribution in [3.05, 3.63) is 65.4 Å². The molecule has 1 unspecified atom stereocenters. The first-order valence-electron chi connectivity index (χ1n) is 9.96. The Balaban J connectivity index is 2.20. The van der Waals surface area contributed by atoms with Gasteiger partial charge in [0.1, 0.15) is 5.75 Å². The molecule has 1 heterocycles. The van der Waals surface area contributed by atoms with Gasteiger partial charge in [-0.25, -0.2) is 0 Å². The standard InChI is InChI=1S/C24H27NO4S/c1-14(2)22(26)20-21(18-8-6-7-9-19(18)29-15(3)4)25(24(28)23(20)27)16-10-12-17(30-5)13-11-16/h6-15,21,27H,1-5H3. The van der Waals surface area contributed by atoms with Gasteiger partial charge >= 0.3 is 0 Å². The predicted octanol–water partition coefficient (Wildman–Crippen LogP) is 5.32. The van der Waals surface area contributed by atoms with Crippen LogP contribution in [0.2, 0.25) is 0 Å². The molecule has 0 aromatic heterocycles. The van der Waals surface area contributed by atoms with E-state index in [-0.39, 0.29) is 23.4 Å². The number of benzene rings is 2. The zero-order valence-corrected chi connectivity index (χ0v) is 18.7. The fourth-order valence-corrected chi connectivity index (χ4v) is 3.95. The predicted molar refractivity (Wildman–Crippen MR) is 120 cm³/mol. The van der Waals surface area contributed by atoms with E-state index in [2.05, 4.69) is 0 Å². The van der Waals surface area contributed by atoms with Crippen LogP contribution in [0.1, 0.15) is 39.3 Å². The second kappa shape index (κ2) is 8.96. The summed E-state index contributed by atoms with van der Waals surface area (Å²) in [7, 11) is 0. The average Bonchev–Trinajstić information content (AvgIpc) is 2.98. The Morgan fingerprint density at radius 2 is 1.70 bits per heavy atom. The minimum atomic E-state index is -0.762. The van der Waals surface area contributed by atoms with Crippen LogP contribution in [0.25, 0.3) is 0 Å². The number of hydrogen-bond acceptors (Lipinski definition) is 5. The van der Waals surface area contributed by atoms with Gasteiger partial charge in [-0.2, -0.15) is 0 Å². The van der Waals surface area contributed by atoms with Crippen LogP contribution in [0.4, 0.5) is 5.69 Å². The maximum Gasteiger partial charge on any atom is 0.294 e. The highest BCUT2D eigenvalue weighted by atomic mass is 32.2. The highest BCUT2D eigenvalue weighted by Gasteiger charge is 2.45. The lowest BCUT2D eigenvalue weighted by Crippen LogP contribution is -2.32. The summed E-state index contributed by atoms with van der Waals surface area (Å²) in [5, 5.41) is 10.7. The summed E-state index contributed by atoms with van der Waals surface area (Å²) in [6.45, 7) is 7.36. The molecule has 0 fully saturated rings. The number of ketones is 1. The highest BCUT2D eigenvalue weighted by molar-refractivity contribution is 7.98. The first-order chi connectivity index (χ1) is 14.3. The molecule has 3 rings (SSSR count). The number of ether oxygens (including phenoxy) is 1. The van der Waals surface area contributed by atoms with Crippen molar-refractivity contribution in [3.63, 3.8) is 0 Å². The van der Waals surface area contributed by atoms with Gasteiger partial charge in [0.05, 0.1) is 17.7 Å². The Morgan fingerprint density at radius 1 is 1.07 bits per heavy atom. The first-order valence-corrected chi connectivity index (χ1v) is 11.2. The van der Waals surface area contributed by atoms with Crippen LogP contribution in [0.15, 0.2) is 64.8 Å². The van der Waals surface area contributed by atoms with E-state index in [4.69, 9.17) is 4.74 Å². The highest BCUT2D eigenvalue weighted by Crippen LogP contribution is 2.45. The monoisotopic (exact) mass is 425 g/mol. The quantitative estimate of drug-likeness (QED) is 0.608. The third-order valence-corrected chi connectivity index (χ3v) is 5.67. The van der Waals surface area contributed by atoms with Crippen LogP contribution in [0.3, 0.4) is 0 Å². The molecule has 0 aliphatic carbocycles. The largest absolute Gasteiger partial charge is 0.503 e. The fraction of sp³-hybridized carbons (Fsp3) is 0.333. The second-order valence-electron chi connectivity index (χ2n) is 7.76. The zero-order chi connectivity index (χ0) is 22.0. The van der Waals surface area contributed by atoms with Gasteiger partial charge in [-0.15, -0.1) is 11.8 Å². The zero-order valence-electron chi connectivity index (χ0n) is 17.9. The number of carbonyl (C=O) groups is 2.